The molecule has 0 unspecified atom stereocenters. The SMILES string of the molecule is CN(C)c1c(N)n(C)c(=O)n(CC(=O)Nc2ccccc2OC(F)F)c1=O. The molecule has 0 saturated carbocycles. The number of carbonyl (C=O) groups excluding carboxylic acids is 1. The van der Waals surface area contributed by atoms with Gasteiger partial charge in [-0.1, -0.05) is 12.1 Å². The molecule has 9 nitrogen and oxygen atoms in total. The minimum atomic E-state index is -3.07. The van der Waals surface area contributed by atoms with Gasteiger partial charge >= 0.3 is 12.3 Å². The number of nitrogen functional groups attached to an aromatic ring is 1. The summed E-state index contributed by atoms with van der Waals surface area (Å²) in [4.78, 5) is 38.6. The van der Waals surface area contributed by atoms with Crippen molar-refractivity contribution in [2.75, 3.05) is 30.0 Å². The quantitative estimate of drug-likeness (QED) is 0.749. The average Bonchev–Trinajstić information content (AvgIpc) is 2.58. The van der Waals surface area contributed by atoms with Gasteiger partial charge in [-0.25, -0.2) is 9.36 Å². The monoisotopic (exact) mass is 383 g/mol. The van der Waals surface area contributed by atoms with Crippen molar-refractivity contribution in [2.24, 2.45) is 7.05 Å². The van der Waals surface area contributed by atoms with E-state index in [2.05, 4.69) is 10.1 Å². The topological polar surface area (TPSA) is 112 Å². The Bertz CT molecular complexity index is 968. The Morgan fingerprint density at radius 2 is 1.93 bits per heavy atom. The van der Waals surface area contributed by atoms with E-state index in [1.807, 2.05) is 0 Å². The summed E-state index contributed by atoms with van der Waals surface area (Å²) in [6.07, 6.45) is 0. The highest BCUT2D eigenvalue weighted by Crippen LogP contribution is 2.25. The first kappa shape index (κ1) is 19.9. The molecule has 1 amide bonds. The summed E-state index contributed by atoms with van der Waals surface area (Å²) in [6, 6.07) is 5.56. The summed E-state index contributed by atoms with van der Waals surface area (Å²) in [5, 5.41) is 2.35. The number of aromatic nitrogens is 2. The van der Waals surface area contributed by atoms with E-state index in [0.29, 0.717) is 4.57 Å². The highest BCUT2D eigenvalue weighted by molar-refractivity contribution is 5.92. The molecule has 0 spiro atoms. The van der Waals surface area contributed by atoms with Crippen LogP contribution in [-0.2, 0) is 18.4 Å². The zero-order valence-corrected chi connectivity index (χ0v) is 14.9. The van der Waals surface area contributed by atoms with Gasteiger partial charge in [0.25, 0.3) is 5.56 Å². The number of nitrogens with one attached hydrogen (secondary N) is 1. The van der Waals surface area contributed by atoms with Crippen LogP contribution in [0.3, 0.4) is 0 Å². The number of ether oxygens (including phenoxy) is 1. The third-order valence-corrected chi connectivity index (χ3v) is 3.70. The molecule has 0 radical (unpaired) electrons. The van der Waals surface area contributed by atoms with Crippen LogP contribution in [0.1, 0.15) is 0 Å². The molecule has 0 aliphatic heterocycles. The van der Waals surface area contributed by atoms with Crippen LogP contribution in [-0.4, -0.2) is 35.7 Å². The normalized spacial score (nSPS) is 10.7. The number of carbonyl (C=O) groups is 1. The largest absolute Gasteiger partial charge is 0.433 e. The smallest absolute Gasteiger partial charge is 0.387 e. The Hall–Kier alpha value is -3.37. The van der Waals surface area contributed by atoms with Gasteiger partial charge in [-0.15, -0.1) is 0 Å². The van der Waals surface area contributed by atoms with Crippen molar-refractivity contribution < 1.29 is 18.3 Å². The van der Waals surface area contributed by atoms with E-state index in [1.165, 1.54) is 36.2 Å². The number of anilines is 3. The third kappa shape index (κ3) is 4.25. The van der Waals surface area contributed by atoms with Crippen LogP contribution in [0.15, 0.2) is 33.9 Å². The van der Waals surface area contributed by atoms with Crippen LogP contribution < -0.4 is 31.9 Å². The minimum absolute atomic E-state index is 0.0176. The predicted molar refractivity (Wildman–Crippen MR) is 96.4 cm³/mol. The summed E-state index contributed by atoms with van der Waals surface area (Å²) in [7, 11) is 4.50. The molecule has 146 valence electrons. The van der Waals surface area contributed by atoms with Gasteiger partial charge in [0, 0.05) is 21.1 Å². The van der Waals surface area contributed by atoms with E-state index in [0.717, 1.165) is 4.57 Å². The molecule has 2 aromatic rings. The fourth-order valence-electron chi connectivity index (χ4n) is 2.43. The molecule has 3 N–H and O–H groups in total. The lowest BCUT2D eigenvalue weighted by molar-refractivity contribution is -0.116. The minimum Gasteiger partial charge on any atom is -0.433 e. The van der Waals surface area contributed by atoms with Crippen molar-refractivity contribution in [1.29, 1.82) is 0 Å². The standard InChI is InChI=1S/C16H19F2N5O4/c1-21(2)12-13(19)22(3)16(26)23(14(12)25)8-11(24)20-9-6-4-5-7-10(9)27-15(17)18/h4-7,15H,8,19H2,1-3H3,(H,20,24). The van der Waals surface area contributed by atoms with Crippen molar-refractivity contribution >= 4 is 23.1 Å². The first-order chi connectivity index (χ1) is 12.6. The molecule has 0 aliphatic carbocycles. The number of alkyl halides is 2. The maximum Gasteiger partial charge on any atom is 0.387 e. The molecule has 0 atom stereocenters. The molecule has 2 rings (SSSR count). The molecule has 0 bridgehead atoms. The van der Waals surface area contributed by atoms with Gasteiger partial charge < -0.3 is 20.7 Å². The lowest BCUT2D eigenvalue weighted by atomic mass is 10.3. The van der Waals surface area contributed by atoms with Gasteiger partial charge in [-0.2, -0.15) is 8.78 Å². The second kappa shape index (κ2) is 7.89. The van der Waals surface area contributed by atoms with Gasteiger partial charge in [0.2, 0.25) is 5.91 Å². The van der Waals surface area contributed by atoms with E-state index in [1.54, 1.807) is 14.1 Å². The van der Waals surface area contributed by atoms with Crippen LogP contribution in [0.25, 0.3) is 0 Å². The van der Waals surface area contributed by atoms with Gasteiger partial charge in [0.1, 0.15) is 23.8 Å². The molecule has 0 aliphatic rings. The predicted octanol–water partition coefficient (Wildman–Crippen LogP) is 0.435. The van der Waals surface area contributed by atoms with Gasteiger partial charge in [-0.05, 0) is 12.1 Å². The molecule has 1 aromatic heterocycles. The number of nitrogens with zero attached hydrogens (tertiary/aromatic N) is 3. The lowest BCUT2D eigenvalue weighted by Crippen LogP contribution is -2.44. The van der Waals surface area contributed by atoms with E-state index in [4.69, 9.17) is 5.73 Å². The fraction of sp³-hybridized carbons (Fsp3) is 0.312. The Morgan fingerprint density at radius 3 is 2.52 bits per heavy atom. The number of benzene rings is 1. The summed E-state index contributed by atoms with van der Waals surface area (Å²) in [6.45, 7) is -3.70. The van der Waals surface area contributed by atoms with Crippen LogP contribution in [0.5, 0.6) is 5.75 Å². The average molecular weight is 383 g/mol. The number of halogens is 2. The van der Waals surface area contributed by atoms with Crippen LogP contribution in [0.4, 0.5) is 26.0 Å². The number of amides is 1. The Kier molecular flexibility index (Phi) is 5.83. The molecule has 1 heterocycles. The number of rotatable bonds is 6. The molecule has 0 saturated heterocycles. The molecular formula is C16H19F2N5O4. The Labute approximate surface area is 152 Å². The molecule has 0 fully saturated rings. The van der Waals surface area contributed by atoms with Crippen LogP contribution >= 0.6 is 0 Å². The zero-order chi connectivity index (χ0) is 20.3. The summed E-state index contributed by atoms with van der Waals surface area (Å²) < 4.78 is 31.0. The molecule has 1 aromatic carbocycles. The van der Waals surface area contributed by atoms with Crippen molar-refractivity contribution in [2.45, 2.75) is 13.2 Å². The van der Waals surface area contributed by atoms with E-state index >= 15 is 0 Å². The van der Waals surface area contributed by atoms with E-state index < -0.39 is 30.3 Å². The van der Waals surface area contributed by atoms with Gasteiger partial charge in [0.15, 0.2) is 0 Å². The summed E-state index contributed by atoms with van der Waals surface area (Å²) in [5.74, 6) is -1.05. The number of hydrogen-bond donors (Lipinski definition) is 2. The van der Waals surface area contributed by atoms with Crippen molar-refractivity contribution in [1.82, 2.24) is 9.13 Å². The number of hydrogen-bond acceptors (Lipinski definition) is 6. The summed E-state index contributed by atoms with van der Waals surface area (Å²) in [5.41, 5.74) is 4.30. The van der Waals surface area contributed by atoms with Crippen molar-refractivity contribution in [3.8, 4) is 5.75 Å². The van der Waals surface area contributed by atoms with Crippen LogP contribution in [0, 0.1) is 0 Å². The first-order valence-electron chi connectivity index (χ1n) is 7.73. The number of para-hydroxylation sites is 2. The fourth-order valence-corrected chi connectivity index (χ4v) is 2.43. The first-order valence-corrected chi connectivity index (χ1v) is 7.73. The van der Waals surface area contributed by atoms with Gasteiger partial charge in [0.05, 0.1) is 5.69 Å². The van der Waals surface area contributed by atoms with Gasteiger partial charge in [-0.3, -0.25) is 14.2 Å². The maximum absolute atomic E-state index is 12.5. The zero-order valence-electron chi connectivity index (χ0n) is 14.9. The van der Waals surface area contributed by atoms with E-state index in [-0.39, 0.29) is 22.9 Å². The maximum atomic E-state index is 12.5. The third-order valence-electron chi connectivity index (χ3n) is 3.70. The molecular weight excluding hydrogens is 364 g/mol. The Balaban J connectivity index is 2.35. The number of nitrogens with two attached hydrogens (primary N) is 1. The Morgan fingerprint density at radius 1 is 1.30 bits per heavy atom. The lowest BCUT2D eigenvalue weighted by Gasteiger charge is -2.18. The summed E-state index contributed by atoms with van der Waals surface area (Å²) >= 11 is 0. The second-order valence-electron chi connectivity index (χ2n) is 5.78. The molecule has 11 heteroatoms. The van der Waals surface area contributed by atoms with E-state index in [9.17, 15) is 23.2 Å². The second-order valence-corrected chi connectivity index (χ2v) is 5.78. The highest BCUT2D eigenvalue weighted by atomic mass is 19.3. The van der Waals surface area contributed by atoms with Crippen molar-refractivity contribution in [3.05, 3.63) is 45.1 Å². The van der Waals surface area contributed by atoms with Crippen LogP contribution in [0.2, 0.25) is 0 Å². The molecule has 27 heavy (non-hydrogen) atoms. The highest BCUT2D eigenvalue weighted by Gasteiger charge is 2.19. The van der Waals surface area contributed by atoms with Crippen molar-refractivity contribution in [3.63, 3.8) is 0 Å².